The van der Waals surface area contributed by atoms with Gasteiger partial charge in [0.25, 0.3) is 0 Å². The number of nitrogens with two attached hydrogens (primary N) is 1. The minimum Gasteiger partial charge on any atom is -0.339 e. The second kappa shape index (κ2) is 6.82. The molecule has 2 aromatic rings. The molecule has 0 aliphatic rings. The summed E-state index contributed by atoms with van der Waals surface area (Å²) >= 11 is 3.52. The molecule has 0 bridgehead atoms. The van der Waals surface area contributed by atoms with Gasteiger partial charge >= 0.3 is 0 Å². The Kier molecular flexibility index (Phi) is 5.10. The van der Waals surface area contributed by atoms with E-state index in [9.17, 15) is 0 Å². The van der Waals surface area contributed by atoms with Crippen LogP contribution in [0.3, 0.4) is 0 Å². The first-order valence-electron chi connectivity index (χ1n) is 6.49. The van der Waals surface area contributed by atoms with E-state index in [-0.39, 0.29) is 6.04 Å². The average molecular weight is 324 g/mol. The smallest absolute Gasteiger partial charge is 0.228 e. The summed E-state index contributed by atoms with van der Waals surface area (Å²) in [6.45, 7) is 2.12. The molecule has 2 N–H and O–H groups in total. The molecule has 0 spiro atoms. The molecule has 1 heterocycles. The topological polar surface area (TPSA) is 64.9 Å². The minimum absolute atomic E-state index is 0.0989. The van der Waals surface area contributed by atoms with Gasteiger partial charge in [-0.1, -0.05) is 52.6 Å². The lowest BCUT2D eigenvalue weighted by molar-refractivity contribution is 0.361. The highest BCUT2D eigenvalue weighted by atomic mass is 79.9. The molecule has 4 nitrogen and oxygen atoms in total. The summed E-state index contributed by atoms with van der Waals surface area (Å²) in [4.78, 5) is 4.39. The van der Waals surface area contributed by atoms with E-state index in [1.54, 1.807) is 0 Å². The SMILES string of the molecule is CCCC(N)Cc1nc(Cc2ccccc2Br)no1. The second-order valence-electron chi connectivity index (χ2n) is 4.63. The van der Waals surface area contributed by atoms with Crippen molar-refractivity contribution in [3.8, 4) is 0 Å². The maximum Gasteiger partial charge on any atom is 0.228 e. The standard InChI is InChI=1S/C14H18BrN3O/c1-2-5-11(16)9-14-17-13(18-19-14)8-10-6-3-4-7-12(10)15/h3-4,6-7,11H,2,5,8-9,16H2,1H3. The Morgan fingerprint density at radius 2 is 2.16 bits per heavy atom. The largest absolute Gasteiger partial charge is 0.339 e. The zero-order valence-electron chi connectivity index (χ0n) is 11.0. The van der Waals surface area contributed by atoms with Gasteiger partial charge in [0.2, 0.25) is 5.89 Å². The first kappa shape index (κ1) is 14.2. The van der Waals surface area contributed by atoms with E-state index >= 15 is 0 Å². The Morgan fingerprint density at radius 1 is 1.37 bits per heavy atom. The normalized spacial score (nSPS) is 12.6. The number of hydrogen-bond acceptors (Lipinski definition) is 4. The summed E-state index contributed by atoms with van der Waals surface area (Å²) in [7, 11) is 0. The fraction of sp³-hybridized carbons (Fsp3) is 0.429. The predicted molar refractivity (Wildman–Crippen MR) is 77.8 cm³/mol. The molecule has 0 aliphatic heterocycles. The van der Waals surface area contributed by atoms with Crippen LogP contribution >= 0.6 is 15.9 Å². The van der Waals surface area contributed by atoms with Crippen molar-refractivity contribution in [2.45, 2.75) is 38.6 Å². The minimum atomic E-state index is 0.0989. The predicted octanol–water partition coefficient (Wildman–Crippen LogP) is 3.09. The van der Waals surface area contributed by atoms with Gasteiger partial charge in [-0.05, 0) is 18.1 Å². The van der Waals surface area contributed by atoms with Gasteiger partial charge in [0.15, 0.2) is 5.82 Å². The fourth-order valence-electron chi connectivity index (χ4n) is 1.95. The van der Waals surface area contributed by atoms with E-state index in [1.165, 1.54) is 0 Å². The Bertz CT molecular complexity index is 527. The van der Waals surface area contributed by atoms with Crippen molar-refractivity contribution in [3.63, 3.8) is 0 Å². The van der Waals surface area contributed by atoms with Crippen molar-refractivity contribution in [2.75, 3.05) is 0 Å². The Labute approximate surface area is 121 Å². The zero-order valence-corrected chi connectivity index (χ0v) is 12.6. The van der Waals surface area contributed by atoms with Gasteiger partial charge in [-0.15, -0.1) is 0 Å². The van der Waals surface area contributed by atoms with E-state index in [1.807, 2.05) is 24.3 Å². The van der Waals surface area contributed by atoms with Crippen LogP contribution in [0.5, 0.6) is 0 Å². The molecule has 0 aliphatic carbocycles. The molecule has 0 fully saturated rings. The highest BCUT2D eigenvalue weighted by Gasteiger charge is 2.11. The molecule has 0 saturated carbocycles. The van der Waals surface area contributed by atoms with E-state index < -0.39 is 0 Å². The summed E-state index contributed by atoms with van der Waals surface area (Å²) in [6, 6.07) is 8.13. The lowest BCUT2D eigenvalue weighted by atomic mass is 10.1. The monoisotopic (exact) mass is 323 g/mol. The average Bonchev–Trinajstić information content (AvgIpc) is 2.80. The molecule has 0 amide bonds. The summed E-state index contributed by atoms with van der Waals surface area (Å²) in [5.41, 5.74) is 7.11. The van der Waals surface area contributed by atoms with Crippen LogP contribution < -0.4 is 5.73 Å². The molecule has 19 heavy (non-hydrogen) atoms. The number of halogens is 1. The quantitative estimate of drug-likeness (QED) is 0.887. The van der Waals surface area contributed by atoms with Crippen LogP contribution in [0.25, 0.3) is 0 Å². The van der Waals surface area contributed by atoms with Crippen LogP contribution in [0.4, 0.5) is 0 Å². The Hall–Kier alpha value is -1.20. The van der Waals surface area contributed by atoms with Crippen LogP contribution in [-0.4, -0.2) is 16.2 Å². The lowest BCUT2D eigenvalue weighted by Gasteiger charge is -2.05. The van der Waals surface area contributed by atoms with Crippen LogP contribution in [0.1, 0.15) is 37.0 Å². The third kappa shape index (κ3) is 4.14. The summed E-state index contributed by atoms with van der Waals surface area (Å²) in [5, 5.41) is 4.00. The zero-order chi connectivity index (χ0) is 13.7. The third-order valence-electron chi connectivity index (χ3n) is 2.91. The number of nitrogens with zero attached hydrogens (tertiary/aromatic N) is 2. The van der Waals surface area contributed by atoms with Crippen molar-refractivity contribution < 1.29 is 4.52 Å². The van der Waals surface area contributed by atoms with Crippen LogP contribution in [-0.2, 0) is 12.8 Å². The molecular weight excluding hydrogens is 306 g/mol. The summed E-state index contributed by atoms with van der Waals surface area (Å²) < 4.78 is 6.30. The van der Waals surface area contributed by atoms with E-state index in [2.05, 4.69) is 33.0 Å². The van der Waals surface area contributed by atoms with E-state index in [0.717, 1.165) is 22.9 Å². The van der Waals surface area contributed by atoms with Gasteiger partial charge < -0.3 is 10.3 Å². The van der Waals surface area contributed by atoms with Gasteiger partial charge in [-0.3, -0.25) is 0 Å². The second-order valence-corrected chi connectivity index (χ2v) is 5.48. The third-order valence-corrected chi connectivity index (χ3v) is 3.69. The van der Waals surface area contributed by atoms with E-state index in [0.29, 0.717) is 24.6 Å². The molecule has 1 aromatic heterocycles. The summed E-state index contributed by atoms with van der Waals surface area (Å²) in [6.07, 6.45) is 3.35. The molecule has 1 aromatic carbocycles. The van der Waals surface area contributed by atoms with Crippen LogP contribution in [0.2, 0.25) is 0 Å². The van der Waals surface area contributed by atoms with Crippen molar-refractivity contribution in [2.24, 2.45) is 5.73 Å². The highest BCUT2D eigenvalue weighted by molar-refractivity contribution is 9.10. The van der Waals surface area contributed by atoms with Gasteiger partial charge in [0.05, 0.1) is 0 Å². The number of rotatable bonds is 6. The molecular formula is C14H18BrN3O. The van der Waals surface area contributed by atoms with Gasteiger partial charge in [0.1, 0.15) is 0 Å². The van der Waals surface area contributed by atoms with Gasteiger partial charge in [0, 0.05) is 23.4 Å². The van der Waals surface area contributed by atoms with Crippen LogP contribution in [0.15, 0.2) is 33.3 Å². The van der Waals surface area contributed by atoms with Crippen LogP contribution in [0, 0.1) is 0 Å². The number of aromatic nitrogens is 2. The Balaban J connectivity index is 2.00. The molecule has 1 atom stereocenters. The lowest BCUT2D eigenvalue weighted by Crippen LogP contribution is -2.22. The van der Waals surface area contributed by atoms with Gasteiger partial charge in [-0.25, -0.2) is 0 Å². The maximum atomic E-state index is 5.97. The van der Waals surface area contributed by atoms with E-state index in [4.69, 9.17) is 10.3 Å². The number of benzene rings is 1. The molecule has 1 unspecified atom stereocenters. The van der Waals surface area contributed by atoms with Crippen molar-refractivity contribution in [3.05, 3.63) is 46.0 Å². The summed E-state index contributed by atoms with van der Waals surface area (Å²) in [5.74, 6) is 1.33. The fourth-order valence-corrected chi connectivity index (χ4v) is 2.38. The van der Waals surface area contributed by atoms with Gasteiger partial charge in [-0.2, -0.15) is 4.98 Å². The molecule has 102 valence electrons. The molecule has 0 radical (unpaired) electrons. The van der Waals surface area contributed by atoms with Crippen molar-refractivity contribution >= 4 is 15.9 Å². The molecule has 0 saturated heterocycles. The number of hydrogen-bond donors (Lipinski definition) is 1. The van der Waals surface area contributed by atoms with Crippen molar-refractivity contribution in [1.29, 1.82) is 0 Å². The van der Waals surface area contributed by atoms with Crippen molar-refractivity contribution in [1.82, 2.24) is 10.1 Å². The molecule has 2 rings (SSSR count). The highest BCUT2D eigenvalue weighted by Crippen LogP contribution is 2.18. The maximum absolute atomic E-state index is 5.97. The first-order valence-corrected chi connectivity index (χ1v) is 7.28. The first-order chi connectivity index (χ1) is 9.19. The molecule has 5 heteroatoms. The Morgan fingerprint density at radius 3 is 2.89 bits per heavy atom.